The number of hydrogen-bond donors (Lipinski definition) is 2. The lowest BCUT2D eigenvalue weighted by Gasteiger charge is -2.34. The van der Waals surface area contributed by atoms with Crippen molar-refractivity contribution in [1.82, 2.24) is 14.9 Å². The highest BCUT2D eigenvalue weighted by Crippen LogP contribution is 2.28. The maximum absolute atomic E-state index is 12.7. The standard InChI is InChI=1S/C21H28N4O2S/c1-12-7-13(2)9-25(8-12)10-15-11-28-21(22-15)24-20(27)19-14(3)18-16(23-19)5-4-6-17(18)26/h11-13,23H,4-10H2,1-3H3,(H,22,24,27)/t12-,13-/m1/s1. The first kappa shape index (κ1) is 19.3. The van der Waals surface area contributed by atoms with Crippen molar-refractivity contribution in [2.45, 2.75) is 53.0 Å². The Bertz CT molecular complexity index is 890. The molecule has 0 unspecified atom stereocenters. The van der Waals surface area contributed by atoms with Crippen molar-refractivity contribution in [3.05, 3.63) is 33.6 Å². The van der Waals surface area contributed by atoms with Crippen molar-refractivity contribution in [3.63, 3.8) is 0 Å². The summed E-state index contributed by atoms with van der Waals surface area (Å²) in [6.45, 7) is 9.48. The highest BCUT2D eigenvalue weighted by atomic mass is 32.1. The molecule has 28 heavy (non-hydrogen) atoms. The minimum absolute atomic E-state index is 0.135. The molecular weight excluding hydrogens is 372 g/mol. The Hall–Kier alpha value is -1.99. The molecule has 0 aromatic carbocycles. The summed E-state index contributed by atoms with van der Waals surface area (Å²) in [5, 5.41) is 5.54. The monoisotopic (exact) mass is 400 g/mol. The van der Waals surface area contributed by atoms with Gasteiger partial charge in [-0.15, -0.1) is 11.3 Å². The lowest BCUT2D eigenvalue weighted by atomic mass is 9.92. The van der Waals surface area contributed by atoms with Gasteiger partial charge in [-0.05, 0) is 43.6 Å². The van der Waals surface area contributed by atoms with Gasteiger partial charge in [0, 0.05) is 42.7 Å². The number of nitrogens with zero attached hydrogens (tertiary/aromatic N) is 2. The molecule has 0 spiro atoms. The fourth-order valence-corrected chi connectivity index (χ4v) is 5.44. The van der Waals surface area contributed by atoms with Crippen LogP contribution < -0.4 is 5.32 Å². The number of rotatable bonds is 4. The topological polar surface area (TPSA) is 78.1 Å². The van der Waals surface area contributed by atoms with Gasteiger partial charge in [0.05, 0.1) is 5.69 Å². The van der Waals surface area contributed by atoms with E-state index in [1.807, 2.05) is 12.3 Å². The Kier molecular flexibility index (Phi) is 5.38. The number of ketones is 1. The van der Waals surface area contributed by atoms with Crippen molar-refractivity contribution in [1.29, 1.82) is 0 Å². The molecule has 6 nitrogen and oxygen atoms in total. The highest BCUT2D eigenvalue weighted by Gasteiger charge is 2.27. The van der Waals surface area contributed by atoms with Crippen molar-refractivity contribution in [2.24, 2.45) is 11.8 Å². The number of piperidine rings is 1. The van der Waals surface area contributed by atoms with E-state index in [1.54, 1.807) is 0 Å². The van der Waals surface area contributed by atoms with Gasteiger partial charge >= 0.3 is 0 Å². The largest absolute Gasteiger partial charge is 0.354 e. The molecule has 2 N–H and O–H groups in total. The fraction of sp³-hybridized carbons (Fsp3) is 0.571. The number of aromatic amines is 1. The summed E-state index contributed by atoms with van der Waals surface area (Å²) in [4.78, 5) is 35.2. The summed E-state index contributed by atoms with van der Waals surface area (Å²) < 4.78 is 0. The quantitative estimate of drug-likeness (QED) is 0.812. The lowest BCUT2D eigenvalue weighted by Crippen LogP contribution is -2.38. The molecule has 1 fully saturated rings. The van der Waals surface area contributed by atoms with Crippen molar-refractivity contribution >= 4 is 28.2 Å². The molecule has 2 aromatic heterocycles. The third-order valence-corrected chi connectivity index (χ3v) is 6.57. The second-order valence-electron chi connectivity index (χ2n) is 8.49. The third-order valence-electron chi connectivity index (χ3n) is 5.77. The van der Waals surface area contributed by atoms with Crippen LogP contribution in [-0.2, 0) is 13.0 Å². The number of fused-ring (bicyclic) bond motifs is 1. The third kappa shape index (κ3) is 3.91. The summed E-state index contributed by atoms with van der Waals surface area (Å²) in [5.41, 5.74) is 3.84. The first-order valence-electron chi connectivity index (χ1n) is 10.1. The molecule has 0 bridgehead atoms. The number of H-pyrrole nitrogens is 1. The summed E-state index contributed by atoms with van der Waals surface area (Å²) in [7, 11) is 0. The van der Waals surface area contributed by atoms with Gasteiger partial charge in [0.15, 0.2) is 10.9 Å². The van der Waals surface area contributed by atoms with E-state index in [0.29, 0.717) is 34.6 Å². The minimum atomic E-state index is -0.221. The predicted molar refractivity (Wildman–Crippen MR) is 111 cm³/mol. The van der Waals surface area contributed by atoms with Gasteiger partial charge in [-0.2, -0.15) is 0 Å². The molecule has 2 atom stereocenters. The highest BCUT2D eigenvalue weighted by molar-refractivity contribution is 7.14. The van der Waals surface area contributed by atoms with Gasteiger partial charge < -0.3 is 4.98 Å². The molecule has 150 valence electrons. The number of aromatic nitrogens is 2. The first-order chi connectivity index (χ1) is 13.4. The Morgan fingerprint density at radius 3 is 2.79 bits per heavy atom. The van der Waals surface area contributed by atoms with Crippen LogP contribution in [-0.4, -0.2) is 39.6 Å². The van der Waals surface area contributed by atoms with Crippen LogP contribution in [0.25, 0.3) is 0 Å². The van der Waals surface area contributed by atoms with Crippen LogP contribution >= 0.6 is 11.3 Å². The molecule has 1 aliphatic heterocycles. The van der Waals surface area contributed by atoms with E-state index < -0.39 is 0 Å². The molecular formula is C21H28N4O2S. The van der Waals surface area contributed by atoms with Gasteiger partial charge in [-0.3, -0.25) is 19.8 Å². The molecule has 2 aliphatic rings. The van der Waals surface area contributed by atoms with Gasteiger partial charge in [0.25, 0.3) is 5.91 Å². The molecule has 3 heterocycles. The Morgan fingerprint density at radius 2 is 2.07 bits per heavy atom. The van der Waals surface area contributed by atoms with E-state index in [2.05, 4.69) is 34.0 Å². The van der Waals surface area contributed by atoms with E-state index in [4.69, 9.17) is 0 Å². The maximum Gasteiger partial charge on any atom is 0.274 e. The van der Waals surface area contributed by atoms with Crippen LogP contribution in [0.5, 0.6) is 0 Å². The lowest BCUT2D eigenvalue weighted by molar-refractivity contribution is 0.0971. The number of thiazole rings is 1. The molecule has 1 aliphatic carbocycles. The Morgan fingerprint density at radius 1 is 1.32 bits per heavy atom. The van der Waals surface area contributed by atoms with Gasteiger partial charge in [0.1, 0.15) is 5.69 Å². The number of aryl methyl sites for hydroxylation is 1. The smallest absolute Gasteiger partial charge is 0.274 e. The molecule has 0 saturated carbocycles. The van der Waals surface area contributed by atoms with Gasteiger partial charge in [-0.25, -0.2) is 4.98 Å². The van der Waals surface area contributed by atoms with Crippen LogP contribution in [0.2, 0.25) is 0 Å². The second-order valence-corrected chi connectivity index (χ2v) is 9.35. The zero-order chi connectivity index (χ0) is 19.8. The first-order valence-corrected chi connectivity index (χ1v) is 11.0. The number of likely N-dealkylation sites (tertiary alicyclic amines) is 1. The molecule has 7 heteroatoms. The van der Waals surface area contributed by atoms with Gasteiger partial charge in [0.2, 0.25) is 0 Å². The fourth-order valence-electron chi connectivity index (χ4n) is 4.75. The summed E-state index contributed by atoms with van der Waals surface area (Å²) in [5.74, 6) is 1.34. The second kappa shape index (κ2) is 7.79. The number of hydrogen-bond acceptors (Lipinski definition) is 5. The van der Waals surface area contributed by atoms with Crippen molar-refractivity contribution in [2.75, 3.05) is 18.4 Å². The van der Waals surface area contributed by atoms with E-state index >= 15 is 0 Å². The molecule has 4 rings (SSSR count). The number of carbonyl (C=O) groups is 2. The van der Waals surface area contributed by atoms with E-state index in [-0.39, 0.29) is 11.7 Å². The summed E-state index contributed by atoms with van der Waals surface area (Å²) in [6, 6.07) is 0. The summed E-state index contributed by atoms with van der Waals surface area (Å²) in [6.07, 6.45) is 3.52. The summed E-state index contributed by atoms with van der Waals surface area (Å²) >= 11 is 1.45. The number of carbonyl (C=O) groups excluding carboxylic acids is 2. The van der Waals surface area contributed by atoms with Crippen molar-refractivity contribution in [3.8, 4) is 0 Å². The average molecular weight is 401 g/mol. The van der Waals surface area contributed by atoms with E-state index in [9.17, 15) is 9.59 Å². The number of nitrogens with one attached hydrogen (secondary N) is 2. The van der Waals surface area contributed by atoms with Gasteiger partial charge in [-0.1, -0.05) is 13.8 Å². The van der Waals surface area contributed by atoms with Crippen LogP contribution in [0.1, 0.15) is 70.9 Å². The Labute approximate surface area is 169 Å². The molecule has 2 aromatic rings. The van der Waals surface area contributed by atoms with E-state index in [0.717, 1.165) is 49.4 Å². The maximum atomic E-state index is 12.7. The predicted octanol–water partition coefficient (Wildman–Crippen LogP) is 4.03. The van der Waals surface area contributed by atoms with Crippen LogP contribution in [0, 0.1) is 18.8 Å². The van der Waals surface area contributed by atoms with Crippen LogP contribution in [0.4, 0.5) is 5.13 Å². The van der Waals surface area contributed by atoms with Crippen LogP contribution in [0.15, 0.2) is 5.38 Å². The Balaban J connectivity index is 1.43. The number of Topliss-reactive ketones (excluding diaryl/α,β-unsaturated/α-hetero) is 1. The number of amides is 1. The SMILES string of the molecule is Cc1c(C(=O)Nc2nc(CN3C[C@H](C)C[C@@H](C)C3)cs2)[nH]c2c1C(=O)CCC2. The van der Waals surface area contributed by atoms with E-state index in [1.165, 1.54) is 17.8 Å². The normalized spacial score (nSPS) is 22.9. The van der Waals surface area contributed by atoms with Crippen LogP contribution in [0.3, 0.4) is 0 Å². The molecule has 0 radical (unpaired) electrons. The zero-order valence-corrected chi connectivity index (χ0v) is 17.6. The average Bonchev–Trinajstić information content (AvgIpc) is 3.19. The molecule has 1 amide bonds. The zero-order valence-electron chi connectivity index (χ0n) is 16.8. The number of anilines is 1. The molecule has 1 saturated heterocycles. The minimum Gasteiger partial charge on any atom is -0.354 e. The van der Waals surface area contributed by atoms with Crippen molar-refractivity contribution < 1.29 is 9.59 Å².